The van der Waals surface area contributed by atoms with Gasteiger partial charge in [0.1, 0.15) is 5.75 Å². The van der Waals surface area contributed by atoms with Crippen LogP contribution in [0.3, 0.4) is 0 Å². The van der Waals surface area contributed by atoms with Crippen LogP contribution in [-0.4, -0.2) is 19.7 Å². The average molecular weight is 236 g/mol. The number of urea groups is 1. The molecule has 0 aliphatic heterocycles. The van der Waals surface area contributed by atoms with Crippen molar-refractivity contribution in [3.63, 3.8) is 0 Å². The van der Waals surface area contributed by atoms with Crippen LogP contribution in [-0.2, 0) is 0 Å². The number of anilines is 1. The Labute approximate surface area is 102 Å². The summed E-state index contributed by atoms with van der Waals surface area (Å²) in [6, 6.07) is 7.13. The summed E-state index contributed by atoms with van der Waals surface area (Å²) < 4.78 is 5.15. The average Bonchev–Trinajstić information content (AvgIpc) is 2.29. The lowest BCUT2D eigenvalue weighted by molar-refractivity contribution is 0.251. The summed E-state index contributed by atoms with van der Waals surface area (Å²) in [6.45, 7) is 4.93. The van der Waals surface area contributed by atoms with Crippen LogP contribution in [0.15, 0.2) is 24.3 Å². The van der Waals surface area contributed by atoms with E-state index in [4.69, 9.17) is 4.74 Å². The largest absolute Gasteiger partial charge is 0.495 e. The van der Waals surface area contributed by atoms with Crippen LogP contribution < -0.4 is 15.4 Å². The predicted molar refractivity (Wildman–Crippen MR) is 69.5 cm³/mol. The first-order chi connectivity index (χ1) is 8.13. The Morgan fingerprint density at radius 1 is 1.35 bits per heavy atom. The van der Waals surface area contributed by atoms with Gasteiger partial charge >= 0.3 is 6.03 Å². The molecule has 0 saturated carbocycles. The number of hydrogen-bond acceptors (Lipinski definition) is 2. The fourth-order valence-corrected chi connectivity index (χ4v) is 1.39. The fraction of sp³-hybridized carbons (Fsp3) is 0.462. The van der Waals surface area contributed by atoms with Gasteiger partial charge < -0.3 is 15.4 Å². The SMILES string of the molecule is COc1ccccc1NC(=O)NCCC(C)C. The first-order valence-electron chi connectivity index (χ1n) is 5.81. The van der Waals surface area contributed by atoms with Crippen LogP contribution >= 0.6 is 0 Å². The van der Waals surface area contributed by atoms with Gasteiger partial charge in [-0.1, -0.05) is 26.0 Å². The molecular formula is C13H20N2O2. The van der Waals surface area contributed by atoms with Gasteiger partial charge in [0.2, 0.25) is 0 Å². The third-order valence-electron chi connectivity index (χ3n) is 2.36. The summed E-state index contributed by atoms with van der Waals surface area (Å²) in [7, 11) is 1.58. The Morgan fingerprint density at radius 3 is 2.71 bits per heavy atom. The fourth-order valence-electron chi connectivity index (χ4n) is 1.39. The molecule has 0 unspecified atom stereocenters. The number of carbonyl (C=O) groups excluding carboxylic acids is 1. The second-order valence-corrected chi connectivity index (χ2v) is 4.26. The highest BCUT2D eigenvalue weighted by molar-refractivity contribution is 5.90. The molecule has 1 aromatic rings. The molecule has 0 saturated heterocycles. The first kappa shape index (κ1) is 13.4. The highest BCUT2D eigenvalue weighted by Gasteiger charge is 2.05. The molecular weight excluding hydrogens is 216 g/mol. The van der Waals surface area contributed by atoms with Gasteiger partial charge in [0.25, 0.3) is 0 Å². The molecule has 0 bridgehead atoms. The number of amides is 2. The predicted octanol–water partition coefficient (Wildman–Crippen LogP) is 2.86. The van der Waals surface area contributed by atoms with E-state index in [9.17, 15) is 4.79 Å². The summed E-state index contributed by atoms with van der Waals surface area (Å²) in [6.07, 6.45) is 0.972. The van der Waals surface area contributed by atoms with Crippen LogP contribution in [0.2, 0.25) is 0 Å². The normalized spacial score (nSPS) is 10.1. The number of methoxy groups -OCH3 is 1. The zero-order valence-corrected chi connectivity index (χ0v) is 10.6. The lowest BCUT2D eigenvalue weighted by Crippen LogP contribution is -2.30. The number of benzene rings is 1. The number of rotatable bonds is 5. The van der Waals surface area contributed by atoms with Gasteiger partial charge in [0.15, 0.2) is 0 Å². The third-order valence-corrected chi connectivity index (χ3v) is 2.36. The topological polar surface area (TPSA) is 50.4 Å². The van der Waals surface area contributed by atoms with Crippen molar-refractivity contribution in [1.82, 2.24) is 5.32 Å². The number of carbonyl (C=O) groups is 1. The minimum absolute atomic E-state index is 0.199. The standard InChI is InChI=1S/C13H20N2O2/c1-10(2)8-9-14-13(16)15-11-6-4-5-7-12(11)17-3/h4-7,10H,8-9H2,1-3H3,(H2,14,15,16). The molecule has 1 rings (SSSR count). The Bertz CT molecular complexity index is 364. The van der Waals surface area contributed by atoms with Crippen molar-refractivity contribution >= 4 is 11.7 Å². The third kappa shape index (κ3) is 4.76. The lowest BCUT2D eigenvalue weighted by Gasteiger charge is -2.11. The summed E-state index contributed by atoms with van der Waals surface area (Å²) in [5.74, 6) is 1.24. The molecule has 0 aliphatic rings. The van der Waals surface area contributed by atoms with Crippen molar-refractivity contribution < 1.29 is 9.53 Å². The van der Waals surface area contributed by atoms with E-state index in [0.29, 0.717) is 23.9 Å². The highest BCUT2D eigenvalue weighted by atomic mass is 16.5. The first-order valence-corrected chi connectivity index (χ1v) is 5.81. The summed E-state index contributed by atoms with van der Waals surface area (Å²) in [5.41, 5.74) is 0.678. The minimum Gasteiger partial charge on any atom is -0.495 e. The van der Waals surface area contributed by atoms with Crippen molar-refractivity contribution in [2.45, 2.75) is 20.3 Å². The number of hydrogen-bond donors (Lipinski definition) is 2. The van der Waals surface area contributed by atoms with Gasteiger partial charge in [-0.05, 0) is 24.5 Å². The second kappa shape index (κ2) is 6.78. The summed E-state index contributed by atoms with van der Waals surface area (Å²) in [4.78, 5) is 11.6. The maximum atomic E-state index is 11.6. The van der Waals surface area contributed by atoms with E-state index >= 15 is 0 Å². The van der Waals surface area contributed by atoms with E-state index in [1.54, 1.807) is 13.2 Å². The summed E-state index contributed by atoms with van der Waals surface area (Å²) >= 11 is 0. The van der Waals surface area contributed by atoms with E-state index in [0.717, 1.165) is 6.42 Å². The van der Waals surface area contributed by atoms with E-state index in [-0.39, 0.29) is 6.03 Å². The molecule has 0 aromatic heterocycles. The second-order valence-electron chi connectivity index (χ2n) is 4.26. The van der Waals surface area contributed by atoms with Gasteiger partial charge in [0.05, 0.1) is 12.8 Å². The Morgan fingerprint density at radius 2 is 2.06 bits per heavy atom. The molecule has 0 spiro atoms. The van der Waals surface area contributed by atoms with Gasteiger partial charge in [0, 0.05) is 6.54 Å². The zero-order valence-electron chi connectivity index (χ0n) is 10.6. The van der Waals surface area contributed by atoms with Crippen molar-refractivity contribution in [2.24, 2.45) is 5.92 Å². The van der Waals surface area contributed by atoms with Crippen molar-refractivity contribution in [3.05, 3.63) is 24.3 Å². The molecule has 0 aliphatic carbocycles. The van der Waals surface area contributed by atoms with Crippen molar-refractivity contribution in [3.8, 4) is 5.75 Å². The molecule has 0 heterocycles. The van der Waals surface area contributed by atoms with Crippen LogP contribution in [0.5, 0.6) is 5.75 Å². The molecule has 0 fully saturated rings. The molecule has 17 heavy (non-hydrogen) atoms. The van der Waals surface area contributed by atoms with Crippen molar-refractivity contribution in [1.29, 1.82) is 0 Å². The number of nitrogens with one attached hydrogen (secondary N) is 2. The summed E-state index contributed by atoms with van der Waals surface area (Å²) in [5, 5.41) is 5.57. The molecule has 0 radical (unpaired) electrons. The Balaban J connectivity index is 2.45. The Hall–Kier alpha value is -1.71. The van der Waals surface area contributed by atoms with Crippen LogP contribution in [0.1, 0.15) is 20.3 Å². The molecule has 1 aromatic carbocycles. The molecule has 0 atom stereocenters. The zero-order chi connectivity index (χ0) is 12.7. The van der Waals surface area contributed by atoms with Gasteiger partial charge in [-0.25, -0.2) is 4.79 Å². The quantitative estimate of drug-likeness (QED) is 0.826. The Kier molecular flexibility index (Phi) is 5.33. The van der Waals surface area contributed by atoms with E-state index < -0.39 is 0 Å². The van der Waals surface area contributed by atoms with Crippen LogP contribution in [0.25, 0.3) is 0 Å². The van der Waals surface area contributed by atoms with Crippen molar-refractivity contribution in [2.75, 3.05) is 19.0 Å². The molecule has 2 amide bonds. The van der Waals surface area contributed by atoms with E-state index in [1.165, 1.54) is 0 Å². The van der Waals surface area contributed by atoms with E-state index in [2.05, 4.69) is 24.5 Å². The van der Waals surface area contributed by atoms with Crippen LogP contribution in [0, 0.1) is 5.92 Å². The lowest BCUT2D eigenvalue weighted by atomic mass is 10.1. The van der Waals surface area contributed by atoms with E-state index in [1.807, 2.05) is 18.2 Å². The van der Waals surface area contributed by atoms with Gasteiger partial charge in [-0.3, -0.25) is 0 Å². The highest BCUT2D eigenvalue weighted by Crippen LogP contribution is 2.22. The molecule has 4 nitrogen and oxygen atoms in total. The minimum atomic E-state index is -0.199. The van der Waals surface area contributed by atoms with Gasteiger partial charge in [-0.2, -0.15) is 0 Å². The number of para-hydroxylation sites is 2. The van der Waals surface area contributed by atoms with Gasteiger partial charge in [-0.15, -0.1) is 0 Å². The maximum absolute atomic E-state index is 11.6. The van der Waals surface area contributed by atoms with Crippen LogP contribution in [0.4, 0.5) is 10.5 Å². The number of ether oxygens (including phenoxy) is 1. The molecule has 4 heteroatoms. The molecule has 94 valence electrons. The maximum Gasteiger partial charge on any atom is 0.319 e. The smallest absolute Gasteiger partial charge is 0.319 e. The monoisotopic (exact) mass is 236 g/mol. The molecule has 2 N–H and O–H groups in total.